The summed E-state index contributed by atoms with van der Waals surface area (Å²) in [4.78, 5) is 10.9. The average molecular weight is 221 g/mol. The first kappa shape index (κ1) is 12.7. The smallest absolute Gasteiger partial charge is 0.217 e. The molecular weight excluding hydrogens is 202 g/mol. The third kappa shape index (κ3) is 4.94. The summed E-state index contributed by atoms with van der Waals surface area (Å²) < 4.78 is 5.57. The van der Waals surface area contributed by atoms with Crippen molar-refractivity contribution in [1.82, 2.24) is 5.32 Å². The highest BCUT2D eigenvalue weighted by Gasteiger charge is 2.18. The number of benzene rings is 1. The second-order valence-electron chi connectivity index (χ2n) is 4.54. The summed E-state index contributed by atoms with van der Waals surface area (Å²) in [6.07, 6.45) is 0. The number of ether oxygens (including phenoxy) is 1. The summed E-state index contributed by atoms with van der Waals surface area (Å²) in [5, 5.41) is 2.84. The van der Waals surface area contributed by atoms with Crippen molar-refractivity contribution in [2.45, 2.75) is 32.9 Å². The molecule has 0 atom stereocenters. The minimum atomic E-state index is -0.319. The summed E-state index contributed by atoms with van der Waals surface area (Å²) in [5.41, 5.74) is 0.821. The van der Waals surface area contributed by atoms with Crippen LogP contribution in [0.15, 0.2) is 30.3 Å². The van der Waals surface area contributed by atoms with Gasteiger partial charge in [-0.3, -0.25) is 4.79 Å². The quantitative estimate of drug-likeness (QED) is 0.827. The van der Waals surface area contributed by atoms with Gasteiger partial charge in [0.25, 0.3) is 0 Å². The van der Waals surface area contributed by atoms with Gasteiger partial charge in [0.1, 0.15) is 0 Å². The van der Waals surface area contributed by atoms with Gasteiger partial charge in [-0.05, 0) is 19.4 Å². The number of rotatable bonds is 5. The fraction of sp³-hybridized carbons (Fsp3) is 0.462. The zero-order chi connectivity index (χ0) is 12.0. The molecule has 1 rings (SSSR count). The second-order valence-corrected chi connectivity index (χ2v) is 4.54. The van der Waals surface area contributed by atoms with Crippen molar-refractivity contribution >= 4 is 5.91 Å². The van der Waals surface area contributed by atoms with E-state index in [9.17, 15) is 4.79 Å². The predicted molar refractivity (Wildman–Crippen MR) is 64.0 cm³/mol. The highest BCUT2D eigenvalue weighted by atomic mass is 16.5. The highest BCUT2D eigenvalue weighted by molar-refractivity contribution is 5.73. The SMILES string of the molecule is CC(=O)NC(C)(C)COCc1ccccc1. The summed E-state index contributed by atoms with van der Waals surface area (Å²) in [6, 6.07) is 9.98. The molecule has 0 radical (unpaired) electrons. The molecule has 1 amide bonds. The fourth-order valence-corrected chi connectivity index (χ4v) is 1.51. The fourth-order valence-electron chi connectivity index (χ4n) is 1.51. The topological polar surface area (TPSA) is 38.3 Å². The monoisotopic (exact) mass is 221 g/mol. The standard InChI is InChI=1S/C13H19NO2/c1-11(15)14-13(2,3)10-16-9-12-7-5-4-6-8-12/h4-8H,9-10H2,1-3H3,(H,14,15). The number of hydrogen-bond donors (Lipinski definition) is 1. The maximum atomic E-state index is 10.9. The molecule has 1 aromatic rings. The maximum Gasteiger partial charge on any atom is 0.217 e. The van der Waals surface area contributed by atoms with Crippen LogP contribution in [0.4, 0.5) is 0 Å². The lowest BCUT2D eigenvalue weighted by Gasteiger charge is -2.25. The third-order valence-corrected chi connectivity index (χ3v) is 2.09. The minimum absolute atomic E-state index is 0.0340. The lowest BCUT2D eigenvalue weighted by atomic mass is 10.1. The number of hydrogen-bond acceptors (Lipinski definition) is 2. The first-order valence-electron chi connectivity index (χ1n) is 5.40. The van der Waals surface area contributed by atoms with Crippen molar-refractivity contribution in [3.05, 3.63) is 35.9 Å². The van der Waals surface area contributed by atoms with Gasteiger partial charge in [-0.15, -0.1) is 0 Å². The van der Waals surface area contributed by atoms with E-state index in [2.05, 4.69) is 5.32 Å². The maximum absolute atomic E-state index is 10.9. The van der Waals surface area contributed by atoms with Crippen LogP contribution < -0.4 is 5.32 Å². The van der Waals surface area contributed by atoms with Crippen LogP contribution in [0.3, 0.4) is 0 Å². The molecule has 0 fully saturated rings. The second kappa shape index (κ2) is 5.66. The Balaban J connectivity index is 2.32. The molecule has 16 heavy (non-hydrogen) atoms. The average Bonchev–Trinajstić information content (AvgIpc) is 2.16. The van der Waals surface area contributed by atoms with Gasteiger partial charge in [-0.25, -0.2) is 0 Å². The van der Waals surface area contributed by atoms with Crippen molar-refractivity contribution in [2.75, 3.05) is 6.61 Å². The van der Waals surface area contributed by atoms with Gasteiger partial charge in [0.15, 0.2) is 0 Å². The summed E-state index contributed by atoms with van der Waals surface area (Å²) in [6.45, 7) is 6.48. The van der Waals surface area contributed by atoms with Crippen molar-refractivity contribution in [1.29, 1.82) is 0 Å². The van der Waals surface area contributed by atoms with E-state index in [4.69, 9.17) is 4.74 Å². The van der Waals surface area contributed by atoms with Crippen LogP contribution in [0.2, 0.25) is 0 Å². The first-order chi connectivity index (χ1) is 7.49. The Morgan fingerprint density at radius 2 is 1.94 bits per heavy atom. The molecule has 88 valence electrons. The van der Waals surface area contributed by atoms with Crippen molar-refractivity contribution in [3.8, 4) is 0 Å². The molecular formula is C13H19NO2. The first-order valence-corrected chi connectivity index (χ1v) is 5.40. The Hall–Kier alpha value is -1.35. The molecule has 1 N–H and O–H groups in total. The molecule has 3 heteroatoms. The van der Waals surface area contributed by atoms with Crippen LogP contribution in [0.25, 0.3) is 0 Å². The molecule has 0 spiro atoms. The van der Waals surface area contributed by atoms with Gasteiger partial charge >= 0.3 is 0 Å². The van der Waals surface area contributed by atoms with Crippen molar-refractivity contribution in [3.63, 3.8) is 0 Å². The molecule has 0 aliphatic rings. The van der Waals surface area contributed by atoms with Crippen LogP contribution in [0, 0.1) is 0 Å². The van der Waals surface area contributed by atoms with Crippen LogP contribution in [-0.2, 0) is 16.1 Å². The Bertz CT molecular complexity index is 333. The third-order valence-electron chi connectivity index (χ3n) is 2.09. The summed E-state index contributed by atoms with van der Waals surface area (Å²) >= 11 is 0. The van der Waals surface area contributed by atoms with E-state index in [1.807, 2.05) is 44.2 Å². The molecule has 0 bridgehead atoms. The molecule has 0 unspecified atom stereocenters. The Morgan fingerprint density at radius 1 is 1.31 bits per heavy atom. The van der Waals surface area contributed by atoms with E-state index in [0.29, 0.717) is 13.2 Å². The van der Waals surface area contributed by atoms with Gasteiger partial charge in [-0.2, -0.15) is 0 Å². The Morgan fingerprint density at radius 3 is 2.50 bits per heavy atom. The van der Waals surface area contributed by atoms with E-state index < -0.39 is 0 Å². The van der Waals surface area contributed by atoms with Gasteiger partial charge < -0.3 is 10.1 Å². The van der Waals surface area contributed by atoms with E-state index in [1.165, 1.54) is 6.92 Å². The molecule has 0 saturated carbocycles. The van der Waals surface area contributed by atoms with Crippen molar-refractivity contribution in [2.24, 2.45) is 0 Å². The van der Waals surface area contributed by atoms with E-state index >= 15 is 0 Å². The van der Waals surface area contributed by atoms with Crippen LogP contribution in [-0.4, -0.2) is 18.1 Å². The lowest BCUT2D eigenvalue weighted by molar-refractivity contribution is -0.121. The van der Waals surface area contributed by atoms with Gasteiger partial charge in [0.05, 0.1) is 18.8 Å². The zero-order valence-electron chi connectivity index (χ0n) is 10.1. The highest BCUT2D eigenvalue weighted by Crippen LogP contribution is 2.06. The molecule has 0 aromatic heterocycles. The minimum Gasteiger partial charge on any atom is -0.374 e. The molecule has 0 saturated heterocycles. The number of amides is 1. The Kier molecular flexibility index (Phi) is 4.50. The summed E-state index contributed by atoms with van der Waals surface area (Å²) in [5.74, 6) is -0.0340. The molecule has 0 aliphatic carbocycles. The molecule has 0 heterocycles. The molecule has 1 aromatic carbocycles. The lowest BCUT2D eigenvalue weighted by Crippen LogP contribution is -2.45. The molecule has 3 nitrogen and oxygen atoms in total. The van der Waals surface area contributed by atoms with E-state index in [1.54, 1.807) is 0 Å². The number of nitrogens with one attached hydrogen (secondary N) is 1. The van der Waals surface area contributed by atoms with Crippen LogP contribution in [0.1, 0.15) is 26.3 Å². The van der Waals surface area contributed by atoms with Crippen molar-refractivity contribution < 1.29 is 9.53 Å². The number of carbonyl (C=O) groups is 1. The van der Waals surface area contributed by atoms with Crippen LogP contribution in [0.5, 0.6) is 0 Å². The Labute approximate surface area is 96.8 Å². The largest absolute Gasteiger partial charge is 0.374 e. The van der Waals surface area contributed by atoms with Crippen LogP contribution >= 0.6 is 0 Å². The number of carbonyl (C=O) groups excluding carboxylic acids is 1. The van der Waals surface area contributed by atoms with Gasteiger partial charge in [0.2, 0.25) is 5.91 Å². The zero-order valence-corrected chi connectivity index (χ0v) is 10.1. The van der Waals surface area contributed by atoms with Gasteiger partial charge in [-0.1, -0.05) is 30.3 Å². The molecule has 0 aliphatic heterocycles. The van der Waals surface area contributed by atoms with E-state index in [-0.39, 0.29) is 11.4 Å². The predicted octanol–water partition coefficient (Wildman–Crippen LogP) is 2.12. The van der Waals surface area contributed by atoms with E-state index in [0.717, 1.165) is 5.56 Å². The van der Waals surface area contributed by atoms with Gasteiger partial charge in [0, 0.05) is 6.92 Å². The summed E-state index contributed by atoms with van der Waals surface area (Å²) in [7, 11) is 0. The normalized spacial score (nSPS) is 11.2.